The highest BCUT2D eigenvalue weighted by Gasteiger charge is 2.19. The average molecular weight is 157 g/mol. The number of β-amino-alcohol motifs (C(OH)–C–C–N with tert-alkyl or cyclic N) is 1. The number of piperazine rings is 1. The van der Waals surface area contributed by atoms with Crippen LogP contribution in [-0.2, 0) is 0 Å². The molecule has 0 aliphatic carbocycles. The minimum atomic E-state index is -0.558. The van der Waals surface area contributed by atoms with E-state index in [9.17, 15) is 5.11 Å². The molecule has 11 heavy (non-hydrogen) atoms. The summed E-state index contributed by atoms with van der Waals surface area (Å²) in [5.41, 5.74) is -0.558. The lowest BCUT2D eigenvalue weighted by Gasteiger charge is -2.31. The molecule has 1 aliphatic rings. The second kappa shape index (κ2) is 3.52. The maximum Gasteiger partial charge on any atom is 0.0718 e. The zero-order valence-electron chi connectivity index (χ0n) is 7.38. The third-order valence-electron chi connectivity index (χ3n) is 1.76. The highest BCUT2D eigenvalue weighted by Crippen LogP contribution is 2.05. The van der Waals surface area contributed by atoms with Crippen molar-refractivity contribution in [1.29, 1.82) is 0 Å². The van der Waals surface area contributed by atoms with E-state index in [1.54, 1.807) is 0 Å². The van der Waals surface area contributed by atoms with Crippen molar-refractivity contribution >= 4 is 0 Å². The Hall–Kier alpha value is -0.120. The van der Waals surface area contributed by atoms with Crippen LogP contribution in [0.15, 0.2) is 0 Å². The Morgan fingerprint density at radius 3 is 2.36 bits per heavy atom. The molecule has 0 aromatic carbocycles. The van der Waals surface area contributed by atoms with E-state index in [0.29, 0.717) is 0 Å². The van der Waals surface area contributed by atoms with Gasteiger partial charge in [0.25, 0.3) is 0 Å². The average Bonchev–Trinajstić information content (AvgIpc) is 1.85. The molecule has 0 bridgehead atoms. The first-order valence-electron chi connectivity index (χ1n) is 4.16. The summed E-state index contributed by atoms with van der Waals surface area (Å²) in [7, 11) is 0. The van der Waals surface area contributed by atoms with E-state index in [-0.39, 0.29) is 0 Å². The Morgan fingerprint density at radius 2 is 1.91 bits per heavy atom. The van der Waals surface area contributed by atoms with Gasteiger partial charge in [-0.25, -0.2) is 5.32 Å². The predicted molar refractivity (Wildman–Crippen MR) is 44.6 cm³/mol. The highest BCUT2D eigenvalue weighted by atomic mass is 16.3. The molecule has 1 heterocycles. The molecule has 1 fully saturated rings. The van der Waals surface area contributed by atoms with E-state index in [0.717, 1.165) is 32.7 Å². The summed E-state index contributed by atoms with van der Waals surface area (Å²) in [5, 5.41) is 13.7. The molecule has 3 heteroatoms. The molecule has 0 aromatic rings. The van der Waals surface area contributed by atoms with Crippen LogP contribution >= 0.6 is 0 Å². The lowest BCUT2D eigenvalue weighted by Crippen LogP contribution is -2.46. The minimum Gasteiger partial charge on any atom is -0.389 e. The molecular formula is C8H17N2O. The summed E-state index contributed by atoms with van der Waals surface area (Å²) in [6.07, 6.45) is 0. The van der Waals surface area contributed by atoms with Gasteiger partial charge in [0.2, 0.25) is 0 Å². The van der Waals surface area contributed by atoms with Gasteiger partial charge in [0.05, 0.1) is 5.60 Å². The van der Waals surface area contributed by atoms with Crippen molar-refractivity contribution in [2.75, 3.05) is 32.7 Å². The third-order valence-corrected chi connectivity index (χ3v) is 1.76. The molecule has 65 valence electrons. The van der Waals surface area contributed by atoms with Crippen molar-refractivity contribution in [2.45, 2.75) is 19.4 Å². The number of hydrogen-bond acceptors (Lipinski definition) is 2. The van der Waals surface area contributed by atoms with E-state index in [2.05, 4.69) is 10.2 Å². The summed E-state index contributed by atoms with van der Waals surface area (Å²) < 4.78 is 0. The summed E-state index contributed by atoms with van der Waals surface area (Å²) in [6, 6.07) is 0. The molecule has 1 saturated heterocycles. The Balaban J connectivity index is 2.24. The van der Waals surface area contributed by atoms with Crippen LogP contribution in [-0.4, -0.2) is 48.3 Å². The number of hydrogen-bond donors (Lipinski definition) is 1. The number of nitrogens with zero attached hydrogens (tertiary/aromatic N) is 2. The number of rotatable bonds is 2. The van der Waals surface area contributed by atoms with E-state index in [4.69, 9.17) is 0 Å². The molecule has 1 radical (unpaired) electrons. The molecule has 0 atom stereocenters. The standard InChI is InChI=1S/C8H17N2O/c1-8(2,11)7-10-5-3-9-4-6-10/h11H,3-7H2,1-2H3. The normalized spacial score (nSPS) is 22.1. The van der Waals surface area contributed by atoms with Gasteiger partial charge in [-0.1, -0.05) is 0 Å². The van der Waals surface area contributed by atoms with Gasteiger partial charge in [-0.2, -0.15) is 0 Å². The zero-order chi connectivity index (χ0) is 8.32. The maximum atomic E-state index is 9.50. The molecule has 0 aromatic heterocycles. The molecular weight excluding hydrogens is 140 g/mol. The maximum absolute atomic E-state index is 9.50. The Kier molecular flexibility index (Phi) is 2.87. The molecule has 0 amide bonds. The third kappa shape index (κ3) is 3.70. The molecule has 1 rings (SSSR count). The Morgan fingerprint density at radius 1 is 1.36 bits per heavy atom. The van der Waals surface area contributed by atoms with E-state index < -0.39 is 5.60 Å². The van der Waals surface area contributed by atoms with Gasteiger partial charge >= 0.3 is 0 Å². The monoisotopic (exact) mass is 157 g/mol. The van der Waals surface area contributed by atoms with Crippen LogP contribution in [0.5, 0.6) is 0 Å². The first-order chi connectivity index (χ1) is 5.08. The Bertz CT molecular complexity index is 114. The first-order valence-corrected chi connectivity index (χ1v) is 4.16. The minimum absolute atomic E-state index is 0.558. The topological polar surface area (TPSA) is 37.6 Å². The van der Waals surface area contributed by atoms with Gasteiger partial charge in [0, 0.05) is 32.7 Å². The summed E-state index contributed by atoms with van der Waals surface area (Å²) >= 11 is 0. The lowest BCUT2D eigenvalue weighted by molar-refractivity contribution is 0.0322. The molecule has 0 spiro atoms. The molecule has 3 nitrogen and oxygen atoms in total. The van der Waals surface area contributed by atoms with Crippen LogP contribution in [0, 0.1) is 0 Å². The van der Waals surface area contributed by atoms with Crippen LogP contribution in [0.1, 0.15) is 13.8 Å². The molecule has 1 aliphatic heterocycles. The van der Waals surface area contributed by atoms with E-state index in [1.807, 2.05) is 13.8 Å². The fourth-order valence-corrected chi connectivity index (χ4v) is 1.35. The van der Waals surface area contributed by atoms with Gasteiger partial charge in [-0.05, 0) is 13.8 Å². The number of aliphatic hydroxyl groups is 1. The molecule has 0 saturated carbocycles. The van der Waals surface area contributed by atoms with Gasteiger partial charge in [0.15, 0.2) is 0 Å². The highest BCUT2D eigenvalue weighted by molar-refractivity contribution is 4.75. The smallest absolute Gasteiger partial charge is 0.0718 e. The van der Waals surface area contributed by atoms with Crippen LogP contribution in [0.25, 0.3) is 0 Å². The second-order valence-corrected chi connectivity index (χ2v) is 3.76. The van der Waals surface area contributed by atoms with E-state index in [1.165, 1.54) is 0 Å². The predicted octanol–water partition coefficient (Wildman–Crippen LogP) is -0.323. The van der Waals surface area contributed by atoms with E-state index >= 15 is 0 Å². The summed E-state index contributed by atoms with van der Waals surface area (Å²) in [6.45, 7) is 8.32. The van der Waals surface area contributed by atoms with Crippen molar-refractivity contribution in [3.05, 3.63) is 0 Å². The fraction of sp³-hybridized carbons (Fsp3) is 1.00. The molecule has 1 N–H and O–H groups in total. The van der Waals surface area contributed by atoms with Crippen LogP contribution in [0.3, 0.4) is 0 Å². The van der Waals surface area contributed by atoms with Gasteiger partial charge in [-0.3, -0.25) is 4.90 Å². The zero-order valence-corrected chi connectivity index (χ0v) is 7.38. The second-order valence-electron chi connectivity index (χ2n) is 3.76. The van der Waals surface area contributed by atoms with Crippen LogP contribution in [0.4, 0.5) is 0 Å². The Labute approximate surface area is 68.4 Å². The van der Waals surface area contributed by atoms with Crippen molar-refractivity contribution in [1.82, 2.24) is 10.2 Å². The summed E-state index contributed by atoms with van der Waals surface area (Å²) in [4.78, 5) is 2.26. The molecule has 0 unspecified atom stereocenters. The van der Waals surface area contributed by atoms with Gasteiger partial charge < -0.3 is 5.11 Å². The van der Waals surface area contributed by atoms with Crippen LogP contribution < -0.4 is 5.32 Å². The first kappa shape index (κ1) is 8.97. The lowest BCUT2D eigenvalue weighted by atomic mass is 10.1. The summed E-state index contributed by atoms with van der Waals surface area (Å²) in [5.74, 6) is 0. The quantitative estimate of drug-likeness (QED) is 0.596. The van der Waals surface area contributed by atoms with Crippen molar-refractivity contribution in [3.63, 3.8) is 0 Å². The SMILES string of the molecule is CC(C)(O)CN1CC[N]CC1. The van der Waals surface area contributed by atoms with Gasteiger partial charge in [-0.15, -0.1) is 0 Å². The van der Waals surface area contributed by atoms with Crippen molar-refractivity contribution < 1.29 is 5.11 Å². The van der Waals surface area contributed by atoms with Gasteiger partial charge in [0.1, 0.15) is 0 Å². The van der Waals surface area contributed by atoms with Crippen molar-refractivity contribution in [2.24, 2.45) is 0 Å². The largest absolute Gasteiger partial charge is 0.389 e. The van der Waals surface area contributed by atoms with Crippen LogP contribution in [0.2, 0.25) is 0 Å². The van der Waals surface area contributed by atoms with Crippen molar-refractivity contribution in [3.8, 4) is 0 Å². The fourth-order valence-electron chi connectivity index (χ4n) is 1.35.